The highest BCUT2D eigenvalue weighted by molar-refractivity contribution is 6.31. The van der Waals surface area contributed by atoms with Crippen molar-refractivity contribution in [3.8, 4) is 5.75 Å². The summed E-state index contributed by atoms with van der Waals surface area (Å²) in [5, 5.41) is 4.74. The van der Waals surface area contributed by atoms with Gasteiger partial charge in [-0.25, -0.2) is 0 Å². The van der Waals surface area contributed by atoms with Gasteiger partial charge in [0.2, 0.25) is 5.91 Å². The maximum Gasteiger partial charge on any atom is 0.235 e. The molecule has 1 aliphatic carbocycles. The molecule has 0 saturated heterocycles. The van der Waals surface area contributed by atoms with Gasteiger partial charge in [0.1, 0.15) is 5.75 Å². The highest BCUT2D eigenvalue weighted by Gasteiger charge is 2.52. The first-order valence-electron chi connectivity index (χ1n) is 8.44. The number of nitrogens with one attached hydrogen (secondary N) is 2. The van der Waals surface area contributed by atoms with Crippen LogP contribution in [0.25, 0.3) is 10.9 Å². The largest absolute Gasteiger partial charge is 0.492 e. The number of ether oxygens (including phenoxy) is 1. The van der Waals surface area contributed by atoms with Gasteiger partial charge in [0.15, 0.2) is 0 Å². The van der Waals surface area contributed by atoms with Crippen LogP contribution in [-0.2, 0) is 10.2 Å². The molecule has 2 aromatic carbocycles. The molecular weight excluding hydrogens is 336 g/mol. The first-order chi connectivity index (χ1) is 12.1. The van der Waals surface area contributed by atoms with E-state index in [2.05, 4.69) is 10.3 Å². The lowest BCUT2D eigenvalue weighted by atomic mass is 9.94. The van der Waals surface area contributed by atoms with E-state index in [9.17, 15) is 4.79 Å². The molecule has 3 aromatic rings. The fraction of sp³-hybridized carbons (Fsp3) is 0.250. The average Bonchev–Trinajstić information content (AvgIpc) is 3.31. The Hall–Kier alpha value is -2.46. The number of fused-ring (bicyclic) bond motifs is 1. The van der Waals surface area contributed by atoms with Crippen molar-refractivity contribution in [2.24, 2.45) is 0 Å². The summed E-state index contributed by atoms with van der Waals surface area (Å²) in [5.74, 6) is 0.691. The van der Waals surface area contributed by atoms with E-state index in [-0.39, 0.29) is 5.91 Å². The molecule has 4 rings (SSSR count). The molecule has 1 fully saturated rings. The minimum atomic E-state index is -0.498. The Morgan fingerprint density at radius 2 is 2.08 bits per heavy atom. The Morgan fingerprint density at radius 1 is 1.28 bits per heavy atom. The molecule has 4 nitrogen and oxygen atoms in total. The zero-order valence-corrected chi connectivity index (χ0v) is 14.7. The van der Waals surface area contributed by atoms with Crippen LogP contribution in [0.5, 0.6) is 5.75 Å². The molecule has 2 N–H and O–H groups in total. The molecule has 1 aliphatic rings. The lowest BCUT2D eigenvalue weighted by molar-refractivity contribution is -0.118. The van der Waals surface area contributed by atoms with Gasteiger partial charge in [-0.15, -0.1) is 0 Å². The topological polar surface area (TPSA) is 54.1 Å². The molecule has 0 unspecified atom stereocenters. The predicted molar refractivity (Wildman–Crippen MR) is 100 cm³/mol. The molecule has 1 heterocycles. The quantitative estimate of drug-likeness (QED) is 0.685. The summed E-state index contributed by atoms with van der Waals surface area (Å²) in [7, 11) is 0. The van der Waals surface area contributed by atoms with Crippen LogP contribution in [0, 0.1) is 0 Å². The highest BCUT2D eigenvalue weighted by Crippen LogP contribution is 2.51. The Bertz CT molecular complexity index is 944. The molecule has 0 spiro atoms. The number of H-pyrrole nitrogens is 1. The number of aromatic amines is 1. The Balaban J connectivity index is 1.67. The zero-order chi connectivity index (χ0) is 17.4. The third-order valence-corrected chi connectivity index (χ3v) is 5.01. The minimum Gasteiger partial charge on any atom is -0.492 e. The predicted octanol–water partition coefficient (Wildman–Crippen LogP) is 4.89. The number of amides is 1. The van der Waals surface area contributed by atoms with E-state index < -0.39 is 5.41 Å². The normalized spacial score (nSPS) is 15.1. The lowest BCUT2D eigenvalue weighted by Gasteiger charge is -2.17. The Kier molecular flexibility index (Phi) is 3.92. The first kappa shape index (κ1) is 16.0. The molecular formula is C20H19ClN2O2. The first-order valence-corrected chi connectivity index (χ1v) is 8.82. The summed E-state index contributed by atoms with van der Waals surface area (Å²) in [4.78, 5) is 16.3. The Morgan fingerprint density at radius 3 is 2.84 bits per heavy atom. The molecule has 25 heavy (non-hydrogen) atoms. The smallest absolute Gasteiger partial charge is 0.235 e. The molecule has 1 aromatic heterocycles. The van der Waals surface area contributed by atoms with Crippen LogP contribution in [0.1, 0.15) is 25.3 Å². The van der Waals surface area contributed by atoms with E-state index in [0.717, 1.165) is 29.3 Å². The molecule has 0 radical (unpaired) electrons. The van der Waals surface area contributed by atoms with Crippen LogP contribution < -0.4 is 10.1 Å². The van der Waals surface area contributed by atoms with Crippen molar-refractivity contribution in [3.05, 3.63) is 59.2 Å². The molecule has 0 atom stereocenters. The molecule has 1 amide bonds. The maximum atomic E-state index is 13.1. The fourth-order valence-corrected chi connectivity index (χ4v) is 3.50. The van der Waals surface area contributed by atoms with Crippen molar-refractivity contribution < 1.29 is 9.53 Å². The van der Waals surface area contributed by atoms with Gasteiger partial charge in [0.25, 0.3) is 0 Å². The average molecular weight is 355 g/mol. The number of hydrogen-bond acceptors (Lipinski definition) is 2. The third-order valence-electron chi connectivity index (χ3n) is 4.78. The van der Waals surface area contributed by atoms with Gasteiger partial charge < -0.3 is 15.0 Å². The summed E-state index contributed by atoms with van der Waals surface area (Å²) in [6.07, 6.45) is 3.59. The standard InChI is InChI=1S/C20H19ClN2O2/c1-2-25-18-6-4-3-5-17(18)23-19(24)20(9-10-20)15-12-22-16-8-7-13(21)11-14(15)16/h3-8,11-12,22H,2,9-10H2,1H3,(H,23,24). The van der Waals surface area contributed by atoms with Crippen LogP contribution >= 0.6 is 11.6 Å². The molecule has 0 bridgehead atoms. The van der Waals surface area contributed by atoms with Gasteiger partial charge in [-0.3, -0.25) is 4.79 Å². The van der Waals surface area contributed by atoms with Crippen molar-refractivity contribution in [1.82, 2.24) is 4.98 Å². The summed E-state index contributed by atoms with van der Waals surface area (Å²) in [6.45, 7) is 2.48. The number of para-hydroxylation sites is 2. The van der Waals surface area contributed by atoms with Crippen LogP contribution in [0.2, 0.25) is 5.02 Å². The number of benzene rings is 2. The number of rotatable bonds is 5. The molecule has 5 heteroatoms. The number of halogens is 1. The summed E-state index contributed by atoms with van der Waals surface area (Å²) < 4.78 is 5.61. The highest BCUT2D eigenvalue weighted by atomic mass is 35.5. The summed E-state index contributed by atoms with van der Waals surface area (Å²) in [6, 6.07) is 13.2. The lowest BCUT2D eigenvalue weighted by Crippen LogP contribution is -2.27. The second-order valence-electron chi connectivity index (χ2n) is 6.36. The van der Waals surface area contributed by atoms with E-state index in [1.54, 1.807) is 0 Å². The van der Waals surface area contributed by atoms with Crippen LogP contribution in [0.4, 0.5) is 5.69 Å². The molecule has 0 aliphatic heterocycles. The summed E-state index contributed by atoms with van der Waals surface area (Å²) >= 11 is 6.15. The number of carbonyl (C=O) groups is 1. The van der Waals surface area contributed by atoms with Crippen LogP contribution in [0.3, 0.4) is 0 Å². The maximum absolute atomic E-state index is 13.1. The third kappa shape index (κ3) is 2.76. The molecule has 1 saturated carbocycles. The fourth-order valence-electron chi connectivity index (χ4n) is 3.33. The van der Waals surface area contributed by atoms with Crippen molar-refractivity contribution in [2.75, 3.05) is 11.9 Å². The van der Waals surface area contributed by atoms with Crippen molar-refractivity contribution in [3.63, 3.8) is 0 Å². The number of hydrogen-bond donors (Lipinski definition) is 2. The number of carbonyl (C=O) groups excluding carboxylic acids is 1. The van der Waals surface area contributed by atoms with E-state index in [1.165, 1.54) is 0 Å². The van der Waals surface area contributed by atoms with E-state index >= 15 is 0 Å². The van der Waals surface area contributed by atoms with Crippen molar-refractivity contribution in [2.45, 2.75) is 25.2 Å². The number of aromatic nitrogens is 1. The van der Waals surface area contributed by atoms with Crippen molar-refractivity contribution in [1.29, 1.82) is 0 Å². The van der Waals surface area contributed by atoms with E-state index in [1.807, 2.05) is 55.6 Å². The SMILES string of the molecule is CCOc1ccccc1NC(=O)C1(c2c[nH]c3ccc(Cl)cc23)CC1. The van der Waals surface area contributed by atoms with Crippen molar-refractivity contribution >= 4 is 34.1 Å². The second-order valence-corrected chi connectivity index (χ2v) is 6.79. The minimum absolute atomic E-state index is 0.000489. The second kappa shape index (κ2) is 6.12. The van der Waals surface area contributed by atoms with E-state index in [4.69, 9.17) is 16.3 Å². The summed E-state index contributed by atoms with van der Waals surface area (Å²) in [5.41, 5.74) is 2.21. The van der Waals surface area contributed by atoms with E-state index in [0.29, 0.717) is 23.1 Å². The van der Waals surface area contributed by atoms with Gasteiger partial charge in [-0.05, 0) is 55.7 Å². The zero-order valence-electron chi connectivity index (χ0n) is 13.9. The molecule has 128 valence electrons. The number of anilines is 1. The van der Waals surface area contributed by atoms with Gasteiger partial charge in [0.05, 0.1) is 17.7 Å². The van der Waals surface area contributed by atoms with Crippen LogP contribution in [-0.4, -0.2) is 17.5 Å². The van der Waals surface area contributed by atoms with Crippen LogP contribution in [0.15, 0.2) is 48.7 Å². The van der Waals surface area contributed by atoms with Gasteiger partial charge in [-0.2, -0.15) is 0 Å². The Labute approximate surface area is 151 Å². The monoisotopic (exact) mass is 354 g/mol. The van der Waals surface area contributed by atoms with Gasteiger partial charge in [0, 0.05) is 22.1 Å². The van der Waals surface area contributed by atoms with Gasteiger partial charge >= 0.3 is 0 Å². The van der Waals surface area contributed by atoms with Gasteiger partial charge in [-0.1, -0.05) is 23.7 Å².